The lowest BCUT2D eigenvalue weighted by molar-refractivity contribution is -0.117. The Balaban J connectivity index is 2.18. The summed E-state index contributed by atoms with van der Waals surface area (Å²) in [5.74, 6) is -1.49. The van der Waals surface area contributed by atoms with Gasteiger partial charge in [0.05, 0.1) is 11.5 Å². The van der Waals surface area contributed by atoms with E-state index in [4.69, 9.17) is 5.11 Å². The number of carbonyl (C=O) groups excluding carboxylic acids is 1. The van der Waals surface area contributed by atoms with Crippen molar-refractivity contribution in [3.63, 3.8) is 0 Å². The molecule has 0 saturated heterocycles. The minimum Gasteiger partial charge on any atom is -0.478 e. The Labute approximate surface area is 121 Å². The Morgan fingerprint density at radius 1 is 1.25 bits per heavy atom. The zero-order chi connectivity index (χ0) is 14.5. The molecule has 0 aliphatic rings. The minimum atomic E-state index is -1.03. The van der Waals surface area contributed by atoms with Gasteiger partial charge in [-0.1, -0.05) is 37.3 Å². The van der Waals surface area contributed by atoms with Gasteiger partial charge >= 0.3 is 5.97 Å². The molecule has 0 aliphatic heterocycles. The molecule has 4 nitrogen and oxygen atoms in total. The number of rotatable bonds is 5. The summed E-state index contributed by atoms with van der Waals surface area (Å²) in [5.41, 5.74) is 1.06. The predicted molar refractivity (Wildman–Crippen MR) is 79.4 cm³/mol. The van der Waals surface area contributed by atoms with Crippen molar-refractivity contribution in [3.8, 4) is 0 Å². The van der Waals surface area contributed by atoms with Gasteiger partial charge in [-0.3, -0.25) is 4.79 Å². The second kappa shape index (κ2) is 6.34. The third kappa shape index (κ3) is 3.05. The van der Waals surface area contributed by atoms with Crippen LogP contribution in [0.5, 0.6) is 0 Å². The summed E-state index contributed by atoms with van der Waals surface area (Å²) in [7, 11) is 0. The number of aromatic carboxylic acids is 1. The Bertz CT molecular complexity index is 607. The molecule has 1 amide bonds. The van der Waals surface area contributed by atoms with Gasteiger partial charge in [0.1, 0.15) is 5.00 Å². The van der Waals surface area contributed by atoms with Crippen LogP contribution in [-0.2, 0) is 4.79 Å². The quantitative estimate of drug-likeness (QED) is 0.884. The highest BCUT2D eigenvalue weighted by Gasteiger charge is 2.21. The van der Waals surface area contributed by atoms with E-state index in [0.717, 1.165) is 5.56 Å². The van der Waals surface area contributed by atoms with Crippen molar-refractivity contribution in [2.75, 3.05) is 5.32 Å². The molecule has 20 heavy (non-hydrogen) atoms. The van der Waals surface area contributed by atoms with E-state index >= 15 is 0 Å². The summed E-state index contributed by atoms with van der Waals surface area (Å²) < 4.78 is 0. The van der Waals surface area contributed by atoms with Crippen LogP contribution in [0.25, 0.3) is 0 Å². The molecule has 0 saturated carbocycles. The molecular weight excluding hydrogens is 274 g/mol. The molecule has 0 fully saturated rings. The fourth-order valence-electron chi connectivity index (χ4n) is 2.03. The molecule has 1 atom stereocenters. The van der Waals surface area contributed by atoms with E-state index in [1.54, 1.807) is 5.38 Å². The molecule has 1 aromatic heterocycles. The highest BCUT2D eigenvalue weighted by molar-refractivity contribution is 7.14. The molecule has 5 heteroatoms. The van der Waals surface area contributed by atoms with Gasteiger partial charge in [0, 0.05) is 0 Å². The Hall–Kier alpha value is -2.14. The maximum Gasteiger partial charge on any atom is 0.338 e. The number of hydrogen-bond donors (Lipinski definition) is 2. The number of anilines is 1. The minimum absolute atomic E-state index is 0.131. The van der Waals surface area contributed by atoms with Crippen LogP contribution in [0.4, 0.5) is 5.00 Å². The molecule has 0 bridgehead atoms. The van der Waals surface area contributed by atoms with Crippen LogP contribution >= 0.6 is 11.3 Å². The van der Waals surface area contributed by atoms with Gasteiger partial charge in [-0.15, -0.1) is 11.3 Å². The molecule has 1 unspecified atom stereocenters. The summed E-state index contributed by atoms with van der Waals surface area (Å²) in [6.07, 6.45) is 0.656. The zero-order valence-corrected chi connectivity index (χ0v) is 11.8. The van der Waals surface area contributed by atoms with Crippen LogP contribution in [0.1, 0.15) is 35.2 Å². The molecule has 2 aromatic rings. The van der Waals surface area contributed by atoms with E-state index in [0.29, 0.717) is 11.4 Å². The molecule has 0 spiro atoms. The van der Waals surface area contributed by atoms with Gasteiger partial charge < -0.3 is 10.4 Å². The average molecular weight is 289 g/mol. The number of carbonyl (C=O) groups is 2. The average Bonchev–Trinajstić information content (AvgIpc) is 2.89. The fraction of sp³-hybridized carbons (Fsp3) is 0.200. The summed E-state index contributed by atoms with van der Waals surface area (Å²) in [4.78, 5) is 23.3. The largest absolute Gasteiger partial charge is 0.478 e. The molecule has 2 rings (SSSR count). The van der Waals surface area contributed by atoms with Gasteiger partial charge in [0.25, 0.3) is 0 Å². The monoisotopic (exact) mass is 289 g/mol. The fourth-order valence-corrected chi connectivity index (χ4v) is 2.81. The van der Waals surface area contributed by atoms with Crippen molar-refractivity contribution in [3.05, 3.63) is 52.9 Å². The molecule has 1 heterocycles. The van der Waals surface area contributed by atoms with Crippen molar-refractivity contribution in [1.29, 1.82) is 0 Å². The van der Waals surface area contributed by atoms with Crippen LogP contribution in [0.2, 0.25) is 0 Å². The van der Waals surface area contributed by atoms with Gasteiger partial charge in [0.15, 0.2) is 0 Å². The second-order valence-electron chi connectivity index (χ2n) is 4.33. The molecule has 0 radical (unpaired) electrons. The number of hydrogen-bond acceptors (Lipinski definition) is 3. The van der Waals surface area contributed by atoms with E-state index in [2.05, 4.69) is 5.32 Å². The lowest BCUT2D eigenvalue weighted by Crippen LogP contribution is -2.21. The smallest absolute Gasteiger partial charge is 0.338 e. The molecule has 104 valence electrons. The number of thiophene rings is 1. The second-order valence-corrected chi connectivity index (χ2v) is 5.25. The van der Waals surface area contributed by atoms with E-state index in [1.165, 1.54) is 17.4 Å². The third-order valence-electron chi connectivity index (χ3n) is 3.06. The number of benzene rings is 1. The van der Waals surface area contributed by atoms with Crippen molar-refractivity contribution in [2.45, 2.75) is 19.3 Å². The van der Waals surface area contributed by atoms with Crippen molar-refractivity contribution in [2.24, 2.45) is 0 Å². The van der Waals surface area contributed by atoms with Gasteiger partial charge in [-0.25, -0.2) is 4.79 Å². The first-order valence-electron chi connectivity index (χ1n) is 6.30. The number of carboxylic acids is 1. The Morgan fingerprint density at radius 3 is 2.55 bits per heavy atom. The highest BCUT2D eigenvalue weighted by Crippen LogP contribution is 2.26. The van der Waals surface area contributed by atoms with Crippen LogP contribution in [0, 0.1) is 0 Å². The first-order valence-corrected chi connectivity index (χ1v) is 7.18. The van der Waals surface area contributed by atoms with E-state index in [9.17, 15) is 9.59 Å². The van der Waals surface area contributed by atoms with Crippen molar-refractivity contribution in [1.82, 2.24) is 0 Å². The van der Waals surface area contributed by atoms with E-state index in [-0.39, 0.29) is 17.4 Å². The lowest BCUT2D eigenvalue weighted by atomic mass is 9.96. The van der Waals surface area contributed by atoms with E-state index in [1.807, 2.05) is 37.3 Å². The first kappa shape index (κ1) is 14.3. The highest BCUT2D eigenvalue weighted by atomic mass is 32.1. The first-order chi connectivity index (χ1) is 9.63. The van der Waals surface area contributed by atoms with Crippen LogP contribution in [0.15, 0.2) is 41.8 Å². The van der Waals surface area contributed by atoms with Gasteiger partial charge in [-0.2, -0.15) is 0 Å². The summed E-state index contributed by atoms with van der Waals surface area (Å²) in [6.45, 7) is 1.93. The normalized spacial score (nSPS) is 11.8. The Kier molecular flexibility index (Phi) is 4.53. The zero-order valence-electron chi connectivity index (χ0n) is 11.0. The maximum absolute atomic E-state index is 12.3. The SMILES string of the molecule is CCC(C(=O)Nc1sccc1C(=O)O)c1ccccc1. The van der Waals surface area contributed by atoms with Gasteiger partial charge in [-0.05, 0) is 23.4 Å². The number of nitrogens with one attached hydrogen (secondary N) is 1. The number of carboxylic acid groups (broad SMARTS) is 1. The molecule has 2 N–H and O–H groups in total. The standard InChI is InChI=1S/C15H15NO3S/c1-2-11(10-6-4-3-5-7-10)13(17)16-14-12(15(18)19)8-9-20-14/h3-9,11H,2H2,1H3,(H,16,17)(H,18,19). The van der Waals surface area contributed by atoms with Crippen molar-refractivity contribution < 1.29 is 14.7 Å². The van der Waals surface area contributed by atoms with E-state index < -0.39 is 5.97 Å². The third-order valence-corrected chi connectivity index (χ3v) is 3.89. The Morgan fingerprint density at radius 2 is 1.95 bits per heavy atom. The molecule has 1 aromatic carbocycles. The van der Waals surface area contributed by atoms with Crippen molar-refractivity contribution >= 4 is 28.2 Å². The molecule has 0 aliphatic carbocycles. The summed E-state index contributed by atoms with van der Waals surface area (Å²) in [6, 6.07) is 11.0. The predicted octanol–water partition coefficient (Wildman–Crippen LogP) is 3.58. The molecular formula is C15H15NO3S. The van der Waals surface area contributed by atoms with Crippen LogP contribution in [0.3, 0.4) is 0 Å². The van der Waals surface area contributed by atoms with Crippen LogP contribution in [-0.4, -0.2) is 17.0 Å². The summed E-state index contributed by atoms with van der Waals surface area (Å²) >= 11 is 1.22. The summed E-state index contributed by atoms with van der Waals surface area (Å²) in [5, 5.41) is 13.8. The van der Waals surface area contributed by atoms with Gasteiger partial charge in [0.2, 0.25) is 5.91 Å². The van der Waals surface area contributed by atoms with Crippen LogP contribution < -0.4 is 5.32 Å². The lowest BCUT2D eigenvalue weighted by Gasteiger charge is -2.15. The number of amides is 1. The topological polar surface area (TPSA) is 66.4 Å². The maximum atomic E-state index is 12.3.